The topological polar surface area (TPSA) is 51.2 Å². The van der Waals surface area contributed by atoms with Crippen LogP contribution in [0.25, 0.3) is 0 Å². The average Bonchev–Trinajstić information content (AvgIpc) is 2.44. The summed E-state index contributed by atoms with van der Waals surface area (Å²) in [5.41, 5.74) is 0.772. The summed E-state index contributed by atoms with van der Waals surface area (Å²) in [6, 6.07) is 2.93. The minimum atomic E-state index is -0.931. The number of ether oxygens (including phenoxy) is 1. The Kier molecular flexibility index (Phi) is 6.02. The molecule has 1 amide bonds. The van der Waals surface area contributed by atoms with Crippen LogP contribution in [0, 0.1) is 0 Å². The standard InChI is InChI=1S/C14H15FN2O2/c1-3-5-6-11(4-2)17-14(18)13-8-7-12(9-16-13)19-10-15/h3-9H,2,10H2,1H3,(H,17,18)/b5-3-,11-6+. The van der Waals surface area contributed by atoms with Gasteiger partial charge in [-0.2, -0.15) is 0 Å². The highest BCUT2D eigenvalue weighted by Gasteiger charge is 2.07. The van der Waals surface area contributed by atoms with Crippen molar-refractivity contribution in [2.24, 2.45) is 0 Å². The Balaban J connectivity index is 2.74. The maximum Gasteiger partial charge on any atom is 0.274 e. The molecule has 0 fully saturated rings. The second-order valence-corrected chi connectivity index (χ2v) is 3.44. The monoisotopic (exact) mass is 262 g/mol. The van der Waals surface area contributed by atoms with Gasteiger partial charge in [-0.1, -0.05) is 18.7 Å². The second-order valence-electron chi connectivity index (χ2n) is 3.44. The first-order valence-electron chi connectivity index (χ1n) is 5.62. The van der Waals surface area contributed by atoms with E-state index in [4.69, 9.17) is 0 Å². The van der Waals surface area contributed by atoms with Crippen molar-refractivity contribution in [1.82, 2.24) is 10.3 Å². The van der Waals surface area contributed by atoms with E-state index < -0.39 is 6.86 Å². The van der Waals surface area contributed by atoms with E-state index in [0.29, 0.717) is 5.70 Å². The van der Waals surface area contributed by atoms with Gasteiger partial charge in [0.2, 0.25) is 6.86 Å². The van der Waals surface area contributed by atoms with Crippen LogP contribution in [-0.2, 0) is 0 Å². The van der Waals surface area contributed by atoms with Crippen molar-refractivity contribution in [3.63, 3.8) is 0 Å². The minimum Gasteiger partial charge on any atom is -0.461 e. The van der Waals surface area contributed by atoms with E-state index in [-0.39, 0.29) is 17.4 Å². The fourth-order valence-electron chi connectivity index (χ4n) is 1.22. The number of amides is 1. The molecule has 19 heavy (non-hydrogen) atoms. The van der Waals surface area contributed by atoms with Gasteiger partial charge in [0.05, 0.1) is 6.20 Å². The molecule has 0 aromatic carbocycles. The van der Waals surface area contributed by atoms with Crippen LogP contribution in [0.3, 0.4) is 0 Å². The van der Waals surface area contributed by atoms with Gasteiger partial charge in [0.25, 0.3) is 5.91 Å². The lowest BCUT2D eigenvalue weighted by Crippen LogP contribution is -2.22. The van der Waals surface area contributed by atoms with Crippen molar-refractivity contribution < 1.29 is 13.9 Å². The number of halogens is 1. The van der Waals surface area contributed by atoms with Crippen molar-refractivity contribution in [2.45, 2.75) is 6.92 Å². The first-order chi connectivity index (χ1) is 9.21. The second kappa shape index (κ2) is 7.81. The number of aromatic nitrogens is 1. The molecule has 1 N–H and O–H groups in total. The van der Waals surface area contributed by atoms with Crippen LogP contribution in [0.2, 0.25) is 0 Å². The largest absolute Gasteiger partial charge is 0.461 e. The molecule has 0 atom stereocenters. The van der Waals surface area contributed by atoms with Crippen molar-refractivity contribution in [3.8, 4) is 5.75 Å². The summed E-state index contributed by atoms with van der Waals surface area (Å²) in [4.78, 5) is 15.7. The summed E-state index contributed by atoms with van der Waals surface area (Å²) in [5.74, 6) is -0.102. The average molecular weight is 262 g/mol. The van der Waals surface area contributed by atoms with E-state index in [1.807, 2.05) is 13.0 Å². The Morgan fingerprint density at radius 3 is 2.89 bits per heavy atom. The van der Waals surface area contributed by atoms with Crippen LogP contribution < -0.4 is 10.1 Å². The molecular formula is C14H15FN2O2. The molecule has 100 valence electrons. The minimum absolute atomic E-state index is 0.208. The highest BCUT2D eigenvalue weighted by atomic mass is 19.1. The highest BCUT2D eigenvalue weighted by molar-refractivity contribution is 5.93. The van der Waals surface area contributed by atoms with Gasteiger partial charge in [0.1, 0.15) is 11.4 Å². The molecule has 1 rings (SSSR count). The zero-order valence-corrected chi connectivity index (χ0v) is 10.6. The van der Waals surface area contributed by atoms with Gasteiger partial charge in [-0.05, 0) is 31.2 Å². The lowest BCUT2D eigenvalue weighted by Gasteiger charge is -2.05. The Morgan fingerprint density at radius 1 is 1.58 bits per heavy atom. The number of alkyl halides is 1. The van der Waals surface area contributed by atoms with E-state index in [0.717, 1.165) is 0 Å². The number of rotatable bonds is 6. The van der Waals surface area contributed by atoms with Gasteiger partial charge in [-0.25, -0.2) is 9.37 Å². The van der Waals surface area contributed by atoms with Gasteiger partial charge in [0, 0.05) is 5.70 Å². The Hall–Kier alpha value is -2.43. The molecule has 0 bridgehead atoms. The maximum absolute atomic E-state index is 11.9. The molecule has 0 radical (unpaired) electrons. The predicted molar refractivity (Wildman–Crippen MR) is 71.4 cm³/mol. The predicted octanol–water partition coefficient (Wildman–Crippen LogP) is 2.76. The van der Waals surface area contributed by atoms with Crippen molar-refractivity contribution in [1.29, 1.82) is 0 Å². The van der Waals surface area contributed by atoms with Crippen LogP contribution in [0.5, 0.6) is 5.75 Å². The van der Waals surface area contributed by atoms with Gasteiger partial charge >= 0.3 is 0 Å². The molecule has 0 spiro atoms. The Labute approximate surface area is 111 Å². The van der Waals surface area contributed by atoms with Crippen molar-refractivity contribution in [2.75, 3.05) is 6.86 Å². The van der Waals surface area contributed by atoms with E-state index in [2.05, 4.69) is 21.6 Å². The third kappa shape index (κ3) is 4.75. The number of pyridine rings is 1. The lowest BCUT2D eigenvalue weighted by atomic mass is 10.3. The molecule has 1 heterocycles. The molecule has 5 heteroatoms. The molecule has 0 aliphatic carbocycles. The summed E-state index contributed by atoms with van der Waals surface area (Å²) in [6.45, 7) is 4.53. The summed E-state index contributed by atoms with van der Waals surface area (Å²) >= 11 is 0. The lowest BCUT2D eigenvalue weighted by molar-refractivity contribution is 0.0962. The molecule has 0 unspecified atom stereocenters. The highest BCUT2D eigenvalue weighted by Crippen LogP contribution is 2.09. The Morgan fingerprint density at radius 2 is 2.37 bits per heavy atom. The number of nitrogens with one attached hydrogen (secondary N) is 1. The van der Waals surface area contributed by atoms with Crippen LogP contribution >= 0.6 is 0 Å². The van der Waals surface area contributed by atoms with E-state index >= 15 is 0 Å². The van der Waals surface area contributed by atoms with E-state index in [1.54, 1.807) is 12.2 Å². The number of hydrogen-bond donors (Lipinski definition) is 1. The smallest absolute Gasteiger partial charge is 0.274 e. The van der Waals surface area contributed by atoms with Crippen LogP contribution in [0.4, 0.5) is 4.39 Å². The molecule has 1 aromatic heterocycles. The molecule has 0 aliphatic rings. The zero-order valence-electron chi connectivity index (χ0n) is 10.6. The molecule has 0 saturated heterocycles. The quantitative estimate of drug-likeness (QED) is 0.802. The molecule has 4 nitrogen and oxygen atoms in total. The number of hydrogen-bond acceptors (Lipinski definition) is 3. The Bertz CT molecular complexity index is 493. The molecule has 0 saturated carbocycles. The van der Waals surface area contributed by atoms with E-state index in [1.165, 1.54) is 24.4 Å². The zero-order chi connectivity index (χ0) is 14.1. The van der Waals surface area contributed by atoms with Gasteiger partial charge in [-0.15, -0.1) is 0 Å². The van der Waals surface area contributed by atoms with Crippen LogP contribution in [0.15, 0.2) is 54.9 Å². The SMILES string of the molecule is C=C/C(=C\C=C/C)NC(=O)c1ccc(OCF)cn1. The number of carbonyl (C=O) groups excluding carboxylic acids is 1. The first-order valence-corrected chi connectivity index (χ1v) is 5.62. The van der Waals surface area contributed by atoms with Crippen molar-refractivity contribution in [3.05, 3.63) is 60.6 Å². The van der Waals surface area contributed by atoms with Crippen molar-refractivity contribution >= 4 is 5.91 Å². The number of nitrogens with zero attached hydrogens (tertiary/aromatic N) is 1. The fraction of sp³-hybridized carbons (Fsp3) is 0.143. The number of carbonyl (C=O) groups is 1. The summed E-state index contributed by atoms with van der Waals surface area (Å²) in [5, 5.41) is 2.64. The van der Waals surface area contributed by atoms with Crippen LogP contribution in [-0.4, -0.2) is 17.8 Å². The van der Waals surface area contributed by atoms with E-state index in [9.17, 15) is 9.18 Å². The molecular weight excluding hydrogens is 247 g/mol. The summed E-state index contributed by atoms with van der Waals surface area (Å²) in [7, 11) is 0. The fourth-order valence-corrected chi connectivity index (χ4v) is 1.22. The molecule has 0 aliphatic heterocycles. The third-order valence-corrected chi connectivity index (χ3v) is 2.14. The number of allylic oxidation sites excluding steroid dienone is 4. The summed E-state index contributed by atoms with van der Waals surface area (Å²) < 4.78 is 16.5. The van der Waals surface area contributed by atoms with Gasteiger partial charge < -0.3 is 10.1 Å². The third-order valence-electron chi connectivity index (χ3n) is 2.14. The summed E-state index contributed by atoms with van der Waals surface area (Å²) in [6.07, 6.45) is 8.14. The van der Waals surface area contributed by atoms with Crippen LogP contribution in [0.1, 0.15) is 17.4 Å². The maximum atomic E-state index is 11.9. The van der Waals surface area contributed by atoms with Gasteiger partial charge in [0.15, 0.2) is 0 Å². The first kappa shape index (κ1) is 14.6. The van der Waals surface area contributed by atoms with Gasteiger partial charge in [-0.3, -0.25) is 4.79 Å². The molecule has 1 aromatic rings. The normalized spacial score (nSPS) is 11.4.